The van der Waals surface area contributed by atoms with Crippen molar-refractivity contribution in [2.75, 3.05) is 20.6 Å². The van der Waals surface area contributed by atoms with Crippen LogP contribution in [0.15, 0.2) is 0 Å². The minimum atomic E-state index is -0.222. The summed E-state index contributed by atoms with van der Waals surface area (Å²) < 4.78 is 0. The van der Waals surface area contributed by atoms with Crippen LogP contribution in [-0.2, 0) is 9.59 Å². The van der Waals surface area contributed by atoms with E-state index in [-0.39, 0.29) is 40.7 Å². The van der Waals surface area contributed by atoms with Gasteiger partial charge in [0.2, 0.25) is 5.91 Å². The molecule has 5 aliphatic rings. The lowest BCUT2D eigenvalue weighted by atomic mass is 9.44. The maximum atomic E-state index is 13.8. The van der Waals surface area contributed by atoms with Gasteiger partial charge < -0.3 is 14.9 Å². The second-order valence-electron chi connectivity index (χ2n) is 13.9. The molecular weight excluding hydrogens is 424 g/mol. The number of likely N-dealkylation sites (tertiary alicyclic amines) is 1. The number of aliphatic hydroxyl groups is 1. The van der Waals surface area contributed by atoms with Gasteiger partial charge in [0.1, 0.15) is 0 Å². The van der Waals surface area contributed by atoms with Crippen molar-refractivity contribution < 1.29 is 14.7 Å². The van der Waals surface area contributed by atoms with Crippen LogP contribution in [0, 0.1) is 52.3 Å². The van der Waals surface area contributed by atoms with Crippen molar-refractivity contribution >= 4 is 11.7 Å². The number of fused-ring (bicyclic) bond motifs is 5. The maximum Gasteiger partial charge on any atom is 0.228 e. The number of aliphatic hydroxyl groups excluding tert-OH is 1. The molecule has 5 nitrogen and oxygen atoms in total. The van der Waals surface area contributed by atoms with Crippen molar-refractivity contribution in [2.24, 2.45) is 52.3 Å². The highest BCUT2D eigenvalue weighted by molar-refractivity contribution is 5.95. The molecular formula is C29H48N2O3. The lowest BCUT2D eigenvalue weighted by Crippen LogP contribution is -2.65. The molecule has 4 saturated carbocycles. The highest BCUT2D eigenvalue weighted by Crippen LogP contribution is 2.67. The number of β-lactam (4-membered cyclic amide) rings is 1. The van der Waals surface area contributed by atoms with Crippen LogP contribution >= 0.6 is 0 Å². The smallest absolute Gasteiger partial charge is 0.228 e. The van der Waals surface area contributed by atoms with Crippen LogP contribution in [-0.4, -0.2) is 65.4 Å². The van der Waals surface area contributed by atoms with Crippen LogP contribution in [0.1, 0.15) is 79.6 Å². The molecule has 0 aromatic rings. The van der Waals surface area contributed by atoms with Crippen molar-refractivity contribution in [2.45, 2.75) is 97.8 Å². The Hall–Kier alpha value is -0.940. The van der Waals surface area contributed by atoms with Gasteiger partial charge in [-0.05, 0) is 100 Å². The molecule has 11 atom stereocenters. The predicted molar refractivity (Wildman–Crippen MR) is 134 cm³/mol. The fourth-order valence-corrected chi connectivity index (χ4v) is 9.92. The molecule has 5 heteroatoms. The first-order valence-corrected chi connectivity index (χ1v) is 14.1. The van der Waals surface area contributed by atoms with Crippen molar-refractivity contribution in [1.82, 2.24) is 9.80 Å². The topological polar surface area (TPSA) is 60.9 Å². The summed E-state index contributed by atoms with van der Waals surface area (Å²) in [6.45, 7) is 12.2. The normalized spacial score (nSPS) is 49.5. The molecule has 4 aliphatic carbocycles. The quantitative estimate of drug-likeness (QED) is 0.622. The minimum absolute atomic E-state index is 0.0550. The van der Waals surface area contributed by atoms with Gasteiger partial charge in [-0.15, -0.1) is 0 Å². The number of carbonyl (C=O) groups is 2. The van der Waals surface area contributed by atoms with Gasteiger partial charge in [-0.3, -0.25) is 9.59 Å². The summed E-state index contributed by atoms with van der Waals surface area (Å²) >= 11 is 0. The molecule has 1 heterocycles. The van der Waals surface area contributed by atoms with Crippen LogP contribution < -0.4 is 0 Å². The molecule has 0 spiro atoms. The van der Waals surface area contributed by atoms with Crippen LogP contribution in [0.4, 0.5) is 0 Å². The number of Topliss-reactive ketones (excluding diaryl/α,β-unsaturated/α-hetero) is 1. The monoisotopic (exact) mass is 472 g/mol. The van der Waals surface area contributed by atoms with Gasteiger partial charge in [0.15, 0.2) is 5.78 Å². The summed E-state index contributed by atoms with van der Waals surface area (Å²) in [5, 5.41) is 11.2. The van der Waals surface area contributed by atoms with E-state index < -0.39 is 0 Å². The second-order valence-corrected chi connectivity index (χ2v) is 13.9. The van der Waals surface area contributed by atoms with Crippen molar-refractivity contribution in [3.63, 3.8) is 0 Å². The highest BCUT2D eigenvalue weighted by atomic mass is 16.3. The van der Waals surface area contributed by atoms with E-state index in [2.05, 4.69) is 53.6 Å². The van der Waals surface area contributed by atoms with Crippen LogP contribution in [0.2, 0.25) is 0 Å². The van der Waals surface area contributed by atoms with Crippen molar-refractivity contribution in [1.29, 1.82) is 0 Å². The number of rotatable bonds is 4. The molecule has 0 aromatic heterocycles. The Morgan fingerprint density at radius 3 is 2.26 bits per heavy atom. The number of nitrogens with zero attached hydrogens (tertiary/aromatic N) is 2. The summed E-state index contributed by atoms with van der Waals surface area (Å²) in [5.74, 6) is 3.22. The van der Waals surface area contributed by atoms with Gasteiger partial charge in [0, 0.05) is 24.4 Å². The third kappa shape index (κ3) is 3.31. The molecule has 0 aromatic carbocycles. The predicted octanol–water partition coefficient (Wildman–Crippen LogP) is 4.23. The first-order chi connectivity index (χ1) is 15.9. The number of carbonyl (C=O) groups excluding carboxylic acids is 2. The fourth-order valence-electron chi connectivity index (χ4n) is 9.92. The lowest BCUT2D eigenvalue weighted by molar-refractivity contribution is -0.171. The number of amides is 1. The van der Waals surface area contributed by atoms with E-state index in [1.807, 2.05) is 4.90 Å². The average molecular weight is 473 g/mol. The molecule has 34 heavy (non-hydrogen) atoms. The first-order valence-electron chi connectivity index (χ1n) is 14.1. The fraction of sp³-hybridized carbons (Fsp3) is 0.931. The zero-order chi connectivity index (χ0) is 24.7. The summed E-state index contributed by atoms with van der Waals surface area (Å²) in [5.41, 5.74) is 0.240. The van der Waals surface area contributed by atoms with Gasteiger partial charge in [0.25, 0.3) is 0 Å². The molecule has 1 N–H and O–H groups in total. The third-order valence-corrected chi connectivity index (χ3v) is 12.1. The molecule has 1 saturated heterocycles. The molecule has 5 rings (SSSR count). The van der Waals surface area contributed by atoms with E-state index in [1.54, 1.807) is 0 Å². The SMILES string of the molecule is CC(C)[C@@H]1CN([C@H]2CC[C@@]3(C)[C@H](CC[C@H]4[C@H]5C[C@H](O)[C@H]([C@H](C)N(C)C)[C@@]5(C)CC[C@@H]43)C2=O)C1=O. The van der Waals surface area contributed by atoms with Gasteiger partial charge in [-0.25, -0.2) is 0 Å². The van der Waals surface area contributed by atoms with E-state index in [0.717, 1.165) is 38.6 Å². The van der Waals surface area contributed by atoms with E-state index in [0.29, 0.717) is 41.4 Å². The molecule has 0 radical (unpaired) electrons. The van der Waals surface area contributed by atoms with E-state index in [1.165, 1.54) is 12.8 Å². The first kappa shape index (κ1) is 24.7. The van der Waals surface area contributed by atoms with Crippen LogP contribution in [0.25, 0.3) is 0 Å². The molecule has 5 fully saturated rings. The van der Waals surface area contributed by atoms with E-state index >= 15 is 0 Å². The maximum absolute atomic E-state index is 13.8. The van der Waals surface area contributed by atoms with Crippen LogP contribution in [0.5, 0.6) is 0 Å². The van der Waals surface area contributed by atoms with Crippen molar-refractivity contribution in [3.8, 4) is 0 Å². The standard InChI is InChI=1S/C29H48N2O3/c1-16(2)19-15-31(27(19)34)23-11-13-28(4)20-10-12-29(5)22(18(20)8-9-21(28)26(23)33)14-24(32)25(29)17(3)30(6)7/h16-25,32H,8-15H2,1-7H3/t17-,18+,19-,20-,21+,22+,23-,24-,25-,28+,29-/m0/s1. The molecule has 0 unspecified atom stereocenters. The van der Waals surface area contributed by atoms with Gasteiger partial charge >= 0.3 is 0 Å². The summed E-state index contributed by atoms with van der Waals surface area (Å²) in [7, 11) is 4.28. The van der Waals surface area contributed by atoms with E-state index in [9.17, 15) is 14.7 Å². The summed E-state index contributed by atoms with van der Waals surface area (Å²) in [4.78, 5) is 30.8. The second kappa shape index (κ2) is 8.30. The van der Waals surface area contributed by atoms with Crippen LogP contribution in [0.3, 0.4) is 0 Å². The summed E-state index contributed by atoms with van der Waals surface area (Å²) in [6.07, 6.45) is 7.05. The van der Waals surface area contributed by atoms with Gasteiger partial charge in [-0.1, -0.05) is 27.7 Å². The Balaban J connectivity index is 1.35. The minimum Gasteiger partial charge on any atom is -0.393 e. The Morgan fingerprint density at radius 1 is 0.971 bits per heavy atom. The largest absolute Gasteiger partial charge is 0.393 e. The zero-order valence-corrected chi connectivity index (χ0v) is 22.6. The highest BCUT2D eigenvalue weighted by Gasteiger charge is 2.64. The van der Waals surface area contributed by atoms with Crippen molar-refractivity contribution in [3.05, 3.63) is 0 Å². The molecule has 1 aliphatic heterocycles. The van der Waals surface area contributed by atoms with Gasteiger partial charge in [-0.2, -0.15) is 0 Å². The third-order valence-electron chi connectivity index (χ3n) is 12.1. The molecule has 1 amide bonds. The number of hydrogen-bond donors (Lipinski definition) is 1. The lowest BCUT2D eigenvalue weighted by Gasteiger charge is -2.61. The Labute approximate surface area is 207 Å². The molecule has 192 valence electrons. The Kier molecular flexibility index (Phi) is 6.04. The van der Waals surface area contributed by atoms with Gasteiger partial charge in [0.05, 0.1) is 18.1 Å². The Bertz CT molecular complexity index is 841. The number of hydrogen-bond acceptors (Lipinski definition) is 4. The zero-order valence-electron chi connectivity index (χ0n) is 22.6. The average Bonchev–Trinajstić information content (AvgIpc) is 3.03. The summed E-state index contributed by atoms with van der Waals surface area (Å²) in [6, 6.07) is 0.193. The molecule has 0 bridgehead atoms. The number of ketones is 1. The van der Waals surface area contributed by atoms with E-state index in [4.69, 9.17) is 0 Å². The Morgan fingerprint density at radius 2 is 1.65 bits per heavy atom.